The first-order chi connectivity index (χ1) is 9.79. The van der Waals surface area contributed by atoms with E-state index in [9.17, 15) is 5.11 Å². The second kappa shape index (κ2) is 8.35. The van der Waals surface area contributed by atoms with E-state index in [1.54, 1.807) is 0 Å². The molecule has 2 N–H and O–H groups in total. The van der Waals surface area contributed by atoms with E-state index in [0.29, 0.717) is 18.1 Å². The van der Waals surface area contributed by atoms with E-state index >= 15 is 0 Å². The summed E-state index contributed by atoms with van der Waals surface area (Å²) in [7, 11) is 0. The number of nitrogens with one attached hydrogen (secondary N) is 1. The second-order valence-electron chi connectivity index (χ2n) is 7.04. The summed E-state index contributed by atoms with van der Waals surface area (Å²) in [6.07, 6.45) is 12.0. The SMILES string of the molecule is CCCNCC1(CN2CCCCC2CO)CCCCC1. The molecule has 1 aliphatic heterocycles. The van der Waals surface area contributed by atoms with Gasteiger partial charge in [0.1, 0.15) is 0 Å². The van der Waals surface area contributed by atoms with Crippen LogP contribution in [0.5, 0.6) is 0 Å². The van der Waals surface area contributed by atoms with Crippen molar-refractivity contribution in [1.29, 1.82) is 0 Å². The van der Waals surface area contributed by atoms with E-state index in [1.165, 1.54) is 77.4 Å². The van der Waals surface area contributed by atoms with Crippen LogP contribution in [0.2, 0.25) is 0 Å². The van der Waals surface area contributed by atoms with Crippen LogP contribution in [0, 0.1) is 5.41 Å². The number of aliphatic hydroxyl groups is 1. The number of aliphatic hydroxyl groups excluding tert-OH is 1. The molecule has 0 aromatic rings. The number of likely N-dealkylation sites (tertiary alicyclic amines) is 1. The van der Waals surface area contributed by atoms with E-state index in [2.05, 4.69) is 17.1 Å². The molecule has 0 radical (unpaired) electrons. The summed E-state index contributed by atoms with van der Waals surface area (Å²) in [4.78, 5) is 2.60. The molecule has 1 unspecified atom stereocenters. The molecular formula is C17H34N2O. The van der Waals surface area contributed by atoms with Gasteiger partial charge in [0, 0.05) is 19.1 Å². The smallest absolute Gasteiger partial charge is 0.0586 e. The maximum atomic E-state index is 9.63. The van der Waals surface area contributed by atoms with Gasteiger partial charge in [-0.15, -0.1) is 0 Å². The summed E-state index contributed by atoms with van der Waals surface area (Å²) in [5.41, 5.74) is 0.470. The molecule has 1 saturated carbocycles. The van der Waals surface area contributed by atoms with Gasteiger partial charge in [-0.2, -0.15) is 0 Å². The van der Waals surface area contributed by atoms with Crippen molar-refractivity contribution in [3.8, 4) is 0 Å². The molecule has 0 bridgehead atoms. The van der Waals surface area contributed by atoms with Crippen molar-refractivity contribution < 1.29 is 5.11 Å². The van der Waals surface area contributed by atoms with E-state index in [4.69, 9.17) is 0 Å². The Morgan fingerprint density at radius 3 is 2.65 bits per heavy atom. The van der Waals surface area contributed by atoms with E-state index in [1.807, 2.05) is 0 Å². The first-order valence-corrected chi connectivity index (χ1v) is 8.85. The third-order valence-electron chi connectivity index (χ3n) is 5.34. The summed E-state index contributed by atoms with van der Waals surface area (Å²) >= 11 is 0. The molecule has 3 nitrogen and oxygen atoms in total. The highest BCUT2D eigenvalue weighted by atomic mass is 16.3. The van der Waals surface area contributed by atoms with Crippen LogP contribution in [0.25, 0.3) is 0 Å². The number of hydrogen-bond acceptors (Lipinski definition) is 3. The van der Waals surface area contributed by atoms with Crippen LogP contribution in [-0.2, 0) is 0 Å². The van der Waals surface area contributed by atoms with Crippen LogP contribution < -0.4 is 5.32 Å². The highest BCUT2D eigenvalue weighted by Crippen LogP contribution is 2.37. The Balaban J connectivity index is 1.94. The van der Waals surface area contributed by atoms with E-state index < -0.39 is 0 Å². The molecule has 0 aromatic heterocycles. The Hall–Kier alpha value is -0.120. The Labute approximate surface area is 125 Å². The highest BCUT2D eigenvalue weighted by molar-refractivity contribution is 4.90. The summed E-state index contributed by atoms with van der Waals surface area (Å²) in [6.45, 7) is 7.31. The van der Waals surface area contributed by atoms with Gasteiger partial charge in [0.05, 0.1) is 6.61 Å². The van der Waals surface area contributed by atoms with Crippen molar-refractivity contribution >= 4 is 0 Å². The lowest BCUT2D eigenvalue weighted by molar-refractivity contribution is 0.0311. The zero-order valence-electron chi connectivity index (χ0n) is 13.4. The minimum atomic E-state index is 0.346. The maximum absolute atomic E-state index is 9.63. The van der Waals surface area contributed by atoms with Gasteiger partial charge in [-0.05, 0) is 50.6 Å². The molecular weight excluding hydrogens is 248 g/mol. The maximum Gasteiger partial charge on any atom is 0.0586 e. The van der Waals surface area contributed by atoms with Gasteiger partial charge in [0.2, 0.25) is 0 Å². The molecule has 3 heteroatoms. The van der Waals surface area contributed by atoms with Gasteiger partial charge >= 0.3 is 0 Å². The molecule has 2 aliphatic rings. The number of piperidine rings is 1. The minimum absolute atomic E-state index is 0.346. The van der Waals surface area contributed by atoms with E-state index in [0.717, 1.165) is 6.54 Å². The Bertz CT molecular complexity index is 264. The summed E-state index contributed by atoms with van der Waals surface area (Å²) in [5, 5.41) is 13.3. The van der Waals surface area contributed by atoms with Crippen LogP contribution in [-0.4, -0.2) is 48.8 Å². The fourth-order valence-electron chi connectivity index (χ4n) is 4.13. The van der Waals surface area contributed by atoms with Gasteiger partial charge in [0.15, 0.2) is 0 Å². The van der Waals surface area contributed by atoms with Crippen molar-refractivity contribution in [1.82, 2.24) is 10.2 Å². The largest absolute Gasteiger partial charge is 0.395 e. The van der Waals surface area contributed by atoms with Gasteiger partial charge < -0.3 is 10.4 Å². The molecule has 0 amide bonds. The van der Waals surface area contributed by atoms with Crippen LogP contribution in [0.15, 0.2) is 0 Å². The lowest BCUT2D eigenvalue weighted by atomic mass is 9.73. The van der Waals surface area contributed by atoms with Crippen molar-refractivity contribution in [2.45, 2.75) is 70.8 Å². The second-order valence-corrected chi connectivity index (χ2v) is 7.04. The van der Waals surface area contributed by atoms with Crippen LogP contribution in [0.4, 0.5) is 0 Å². The lowest BCUT2D eigenvalue weighted by Gasteiger charge is -2.45. The number of nitrogens with zero attached hydrogens (tertiary/aromatic N) is 1. The molecule has 1 atom stereocenters. The Morgan fingerprint density at radius 1 is 1.15 bits per heavy atom. The van der Waals surface area contributed by atoms with Gasteiger partial charge in [-0.1, -0.05) is 32.6 Å². The first-order valence-electron chi connectivity index (χ1n) is 8.85. The normalized spacial score (nSPS) is 27.6. The van der Waals surface area contributed by atoms with Crippen molar-refractivity contribution in [2.75, 3.05) is 32.8 Å². The standard InChI is InChI=1S/C17H34N2O/c1-2-11-18-14-17(9-5-3-6-10-17)15-19-12-7-4-8-16(19)13-20/h16,18,20H,2-15H2,1H3. The summed E-state index contributed by atoms with van der Waals surface area (Å²) in [5.74, 6) is 0. The molecule has 0 spiro atoms. The molecule has 1 heterocycles. The minimum Gasteiger partial charge on any atom is -0.395 e. The van der Waals surface area contributed by atoms with Crippen LogP contribution in [0.1, 0.15) is 64.7 Å². The molecule has 20 heavy (non-hydrogen) atoms. The summed E-state index contributed by atoms with van der Waals surface area (Å²) in [6, 6.07) is 0.425. The average Bonchev–Trinajstić information content (AvgIpc) is 2.49. The number of hydrogen-bond donors (Lipinski definition) is 2. The quantitative estimate of drug-likeness (QED) is 0.705. The lowest BCUT2D eigenvalue weighted by Crippen LogP contribution is -2.51. The average molecular weight is 282 g/mol. The summed E-state index contributed by atoms with van der Waals surface area (Å²) < 4.78 is 0. The number of rotatable bonds is 7. The van der Waals surface area contributed by atoms with Crippen molar-refractivity contribution in [2.24, 2.45) is 5.41 Å². The Morgan fingerprint density at radius 2 is 1.95 bits per heavy atom. The van der Waals surface area contributed by atoms with Gasteiger partial charge in [-0.25, -0.2) is 0 Å². The fraction of sp³-hybridized carbons (Fsp3) is 1.00. The molecule has 0 aromatic carbocycles. The van der Waals surface area contributed by atoms with Gasteiger partial charge in [-0.3, -0.25) is 4.90 Å². The van der Waals surface area contributed by atoms with Crippen molar-refractivity contribution in [3.05, 3.63) is 0 Å². The van der Waals surface area contributed by atoms with Crippen molar-refractivity contribution in [3.63, 3.8) is 0 Å². The predicted molar refractivity (Wildman–Crippen MR) is 85.0 cm³/mol. The molecule has 1 saturated heterocycles. The third kappa shape index (κ3) is 4.44. The fourth-order valence-corrected chi connectivity index (χ4v) is 4.13. The molecule has 1 aliphatic carbocycles. The third-order valence-corrected chi connectivity index (χ3v) is 5.34. The molecule has 2 rings (SSSR count). The van der Waals surface area contributed by atoms with E-state index in [-0.39, 0.29) is 0 Å². The molecule has 2 fully saturated rings. The first kappa shape index (κ1) is 16.3. The predicted octanol–water partition coefficient (Wildman–Crippen LogP) is 2.78. The van der Waals surface area contributed by atoms with Crippen LogP contribution in [0.3, 0.4) is 0 Å². The zero-order chi connectivity index (χ0) is 14.3. The Kier molecular flexibility index (Phi) is 6.79. The molecule has 118 valence electrons. The topological polar surface area (TPSA) is 35.5 Å². The monoisotopic (exact) mass is 282 g/mol. The van der Waals surface area contributed by atoms with Crippen LogP contribution >= 0.6 is 0 Å². The van der Waals surface area contributed by atoms with Gasteiger partial charge in [0.25, 0.3) is 0 Å². The zero-order valence-corrected chi connectivity index (χ0v) is 13.4. The highest BCUT2D eigenvalue weighted by Gasteiger charge is 2.35.